The summed E-state index contributed by atoms with van der Waals surface area (Å²) < 4.78 is 8.23. The minimum absolute atomic E-state index is 0.159. The number of methoxy groups -OCH3 is 1. The van der Waals surface area contributed by atoms with Gasteiger partial charge in [-0.25, -0.2) is 4.52 Å². The lowest BCUT2D eigenvalue weighted by atomic mass is 10.1. The van der Waals surface area contributed by atoms with Crippen molar-refractivity contribution in [1.82, 2.24) is 14.2 Å². The molecule has 1 atom stereocenters. The Bertz CT molecular complexity index is 1180. The number of rotatable bonds is 5. The predicted molar refractivity (Wildman–Crippen MR) is 108 cm³/mol. The van der Waals surface area contributed by atoms with Gasteiger partial charge in [0.2, 0.25) is 0 Å². The Kier molecular flexibility index (Phi) is 4.71. The molecule has 2 aromatic carbocycles. The molecule has 0 bridgehead atoms. The second kappa shape index (κ2) is 7.32. The summed E-state index contributed by atoms with van der Waals surface area (Å²) in [5.41, 5.74) is 3.85. The van der Waals surface area contributed by atoms with Crippen molar-refractivity contribution in [3.8, 4) is 17.0 Å². The van der Waals surface area contributed by atoms with Crippen LogP contribution in [0, 0.1) is 6.92 Å². The van der Waals surface area contributed by atoms with Crippen molar-refractivity contribution >= 4 is 5.52 Å². The number of aromatic nitrogens is 3. The number of ether oxygens (including phenoxy) is 1. The summed E-state index contributed by atoms with van der Waals surface area (Å²) in [5.74, 6) is 0.720. The molecule has 0 aliphatic carbocycles. The van der Waals surface area contributed by atoms with E-state index in [1.807, 2.05) is 31.2 Å². The fourth-order valence-corrected chi connectivity index (χ4v) is 3.28. The number of aliphatic hydroxyl groups excluding tert-OH is 1. The number of hydrogen-bond donors (Lipinski definition) is 1. The topological polar surface area (TPSA) is 68.8 Å². The molecule has 6 heteroatoms. The minimum atomic E-state index is -0.801. The van der Waals surface area contributed by atoms with E-state index in [9.17, 15) is 9.90 Å². The lowest BCUT2D eigenvalue weighted by molar-refractivity contribution is 0.155. The van der Waals surface area contributed by atoms with E-state index in [1.165, 1.54) is 4.57 Å². The van der Waals surface area contributed by atoms with Crippen molar-refractivity contribution in [2.45, 2.75) is 19.6 Å². The van der Waals surface area contributed by atoms with Crippen LogP contribution in [0.4, 0.5) is 0 Å². The highest BCUT2D eigenvalue weighted by Crippen LogP contribution is 2.22. The van der Waals surface area contributed by atoms with Gasteiger partial charge in [0.15, 0.2) is 0 Å². The number of aliphatic hydroxyl groups is 1. The number of nitrogens with zero attached hydrogens (tertiary/aromatic N) is 3. The normalized spacial score (nSPS) is 12.2. The second-order valence-corrected chi connectivity index (χ2v) is 6.72. The molecule has 28 heavy (non-hydrogen) atoms. The van der Waals surface area contributed by atoms with Crippen LogP contribution in [0.15, 0.2) is 71.8 Å². The SMILES string of the molecule is COc1ccc([C@@H](O)Cn2ccn3nc(-c4ccccc4C)cc3c2=O)cc1. The molecule has 2 aromatic heterocycles. The Balaban J connectivity index is 1.66. The molecule has 0 unspecified atom stereocenters. The van der Waals surface area contributed by atoms with Gasteiger partial charge in [-0.2, -0.15) is 5.10 Å². The summed E-state index contributed by atoms with van der Waals surface area (Å²) in [6, 6.07) is 16.9. The molecule has 0 saturated heterocycles. The average molecular weight is 375 g/mol. The van der Waals surface area contributed by atoms with Crippen LogP contribution in [0.1, 0.15) is 17.2 Å². The zero-order valence-electron chi connectivity index (χ0n) is 15.7. The Hall–Kier alpha value is -3.38. The second-order valence-electron chi connectivity index (χ2n) is 6.72. The quantitative estimate of drug-likeness (QED) is 0.582. The van der Waals surface area contributed by atoms with Gasteiger partial charge in [-0.3, -0.25) is 4.79 Å². The molecule has 0 spiro atoms. The van der Waals surface area contributed by atoms with Crippen LogP contribution >= 0.6 is 0 Å². The number of hydrogen-bond acceptors (Lipinski definition) is 4. The van der Waals surface area contributed by atoms with E-state index in [0.717, 1.165) is 28.1 Å². The van der Waals surface area contributed by atoms with Gasteiger partial charge in [0, 0.05) is 18.0 Å². The van der Waals surface area contributed by atoms with Crippen LogP contribution in [0.25, 0.3) is 16.8 Å². The highest BCUT2D eigenvalue weighted by atomic mass is 16.5. The van der Waals surface area contributed by atoms with Crippen LogP contribution in [0.5, 0.6) is 5.75 Å². The lowest BCUT2D eigenvalue weighted by Crippen LogP contribution is -2.24. The molecule has 0 saturated carbocycles. The summed E-state index contributed by atoms with van der Waals surface area (Å²) in [6.45, 7) is 2.18. The monoisotopic (exact) mass is 375 g/mol. The molecule has 1 N–H and O–H groups in total. The van der Waals surface area contributed by atoms with Crippen molar-refractivity contribution in [1.29, 1.82) is 0 Å². The molecule has 142 valence electrons. The highest BCUT2D eigenvalue weighted by Gasteiger charge is 2.14. The molecule has 6 nitrogen and oxygen atoms in total. The smallest absolute Gasteiger partial charge is 0.276 e. The van der Waals surface area contributed by atoms with Gasteiger partial charge < -0.3 is 14.4 Å². The van der Waals surface area contributed by atoms with E-state index in [-0.39, 0.29) is 12.1 Å². The fraction of sp³-hybridized carbons (Fsp3) is 0.182. The standard InChI is InChI=1S/C22H21N3O3/c1-15-5-3-4-6-18(15)19-13-20-22(27)24(11-12-25(20)23-19)14-21(26)16-7-9-17(28-2)10-8-16/h3-13,21,26H,14H2,1-2H3/t21-/m0/s1. The van der Waals surface area contributed by atoms with Gasteiger partial charge in [-0.15, -0.1) is 0 Å². The summed E-state index contributed by atoms with van der Waals surface area (Å²) >= 11 is 0. The van der Waals surface area contributed by atoms with Gasteiger partial charge in [0.25, 0.3) is 5.56 Å². The molecule has 4 aromatic rings. The first-order valence-corrected chi connectivity index (χ1v) is 9.03. The van der Waals surface area contributed by atoms with E-state index in [1.54, 1.807) is 54.4 Å². The van der Waals surface area contributed by atoms with Crippen LogP contribution in [0.2, 0.25) is 0 Å². The number of aryl methyl sites for hydroxylation is 1. The van der Waals surface area contributed by atoms with Gasteiger partial charge >= 0.3 is 0 Å². The predicted octanol–water partition coefficient (Wildman–Crippen LogP) is 3.21. The molecule has 4 rings (SSSR count). The first-order valence-electron chi connectivity index (χ1n) is 9.03. The summed E-state index contributed by atoms with van der Waals surface area (Å²) in [6.07, 6.45) is 2.58. The van der Waals surface area contributed by atoms with E-state index in [4.69, 9.17) is 4.74 Å². The molecule has 0 amide bonds. The van der Waals surface area contributed by atoms with E-state index in [0.29, 0.717) is 5.52 Å². The average Bonchev–Trinajstić information content (AvgIpc) is 3.15. The van der Waals surface area contributed by atoms with Crippen molar-refractivity contribution in [3.63, 3.8) is 0 Å². The van der Waals surface area contributed by atoms with Crippen LogP contribution in [-0.4, -0.2) is 26.4 Å². The zero-order chi connectivity index (χ0) is 19.7. The maximum absolute atomic E-state index is 12.9. The van der Waals surface area contributed by atoms with Crippen molar-refractivity contribution in [3.05, 3.63) is 88.5 Å². The number of fused-ring (bicyclic) bond motifs is 1. The Morgan fingerprint density at radius 1 is 1.11 bits per heavy atom. The van der Waals surface area contributed by atoms with Crippen molar-refractivity contribution in [2.24, 2.45) is 0 Å². The van der Waals surface area contributed by atoms with Crippen LogP contribution in [0.3, 0.4) is 0 Å². The highest BCUT2D eigenvalue weighted by molar-refractivity contribution is 5.68. The number of benzene rings is 2. The molecular formula is C22H21N3O3. The van der Waals surface area contributed by atoms with Gasteiger partial charge in [-0.1, -0.05) is 36.4 Å². The Morgan fingerprint density at radius 3 is 2.57 bits per heavy atom. The van der Waals surface area contributed by atoms with E-state index < -0.39 is 6.10 Å². The maximum atomic E-state index is 12.9. The van der Waals surface area contributed by atoms with E-state index in [2.05, 4.69) is 5.10 Å². The molecule has 0 radical (unpaired) electrons. The van der Waals surface area contributed by atoms with Crippen molar-refractivity contribution < 1.29 is 9.84 Å². The largest absolute Gasteiger partial charge is 0.497 e. The van der Waals surface area contributed by atoms with Crippen molar-refractivity contribution in [2.75, 3.05) is 7.11 Å². The summed E-state index contributed by atoms with van der Waals surface area (Å²) in [7, 11) is 1.59. The Morgan fingerprint density at radius 2 is 1.86 bits per heavy atom. The first kappa shape index (κ1) is 18.0. The summed E-state index contributed by atoms with van der Waals surface area (Å²) in [4.78, 5) is 12.9. The molecular weight excluding hydrogens is 354 g/mol. The third-order valence-corrected chi connectivity index (χ3v) is 4.89. The minimum Gasteiger partial charge on any atom is -0.497 e. The van der Waals surface area contributed by atoms with Crippen LogP contribution in [-0.2, 0) is 6.54 Å². The molecule has 0 aliphatic heterocycles. The van der Waals surface area contributed by atoms with Gasteiger partial charge in [0.1, 0.15) is 11.3 Å². The fourth-order valence-electron chi connectivity index (χ4n) is 3.28. The lowest BCUT2D eigenvalue weighted by Gasteiger charge is -2.13. The maximum Gasteiger partial charge on any atom is 0.276 e. The Labute approximate surface area is 162 Å². The van der Waals surface area contributed by atoms with Gasteiger partial charge in [-0.05, 0) is 36.2 Å². The zero-order valence-corrected chi connectivity index (χ0v) is 15.7. The third kappa shape index (κ3) is 3.30. The molecule has 2 heterocycles. The first-order chi connectivity index (χ1) is 13.6. The molecule has 0 aliphatic rings. The van der Waals surface area contributed by atoms with E-state index >= 15 is 0 Å². The van der Waals surface area contributed by atoms with Gasteiger partial charge in [0.05, 0.1) is 25.5 Å². The third-order valence-electron chi connectivity index (χ3n) is 4.89. The molecule has 0 fully saturated rings. The van der Waals surface area contributed by atoms with Crippen LogP contribution < -0.4 is 10.3 Å². The summed E-state index contributed by atoms with van der Waals surface area (Å²) in [5, 5.41) is 15.1.